The van der Waals surface area contributed by atoms with E-state index in [0.29, 0.717) is 42.4 Å². The smallest absolute Gasteiger partial charge is 0.295 e. The molecule has 1 aliphatic rings. The van der Waals surface area contributed by atoms with Gasteiger partial charge in [0.2, 0.25) is 0 Å². The summed E-state index contributed by atoms with van der Waals surface area (Å²) in [7, 11) is 0. The molecule has 1 unspecified atom stereocenters. The largest absolute Gasteiger partial charge is 0.505 e. The van der Waals surface area contributed by atoms with E-state index in [1.165, 1.54) is 0 Å². The summed E-state index contributed by atoms with van der Waals surface area (Å²) in [6.07, 6.45) is 4.16. The first-order valence-electron chi connectivity index (χ1n) is 12.7. The zero-order valence-electron chi connectivity index (χ0n) is 21.7. The van der Waals surface area contributed by atoms with Crippen LogP contribution in [-0.2, 0) is 9.59 Å². The lowest BCUT2D eigenvalue weighted by Crippen LogP contribution is -2.33. The van der Waals surface area contributed by atoms with Crippen LogP contribution in [-0.4, -0.2) is 68.8 Å². The predicted octanol–water partition coefficient (Wildman–Crippen LogP) is 4.36. The number of aliphatic hydroxyl groups excluding tert-OH is 1. The first kappa shape index (κ1) is 26.2. The van der Waals surface area contributed by atoms with E-state index < -0.39 is 17.7 Å². The van der Waals surface area contributed by atoms with E-state index in [9.17, 15) is 14.7 Å². The zero-order chi connectivity index (χ0) is 26.5. The number of hydrogen-bond donors (Lipinski definition) is 1. The van der Waals surface area contributed by atoms with Gasteiger partial charge in [0.05, 0.1) is 17.3 Å². The predicted molar refractivity (Wildman–Crippen MR) is 143 cm³/mol. The van der Waals surface area contributed by atoms with Gasteiger partial charge in [-0.15, -0.1) is 0 Å². The molecule has 1 saturated heterocycles. The van der Waals surface area contributed by atoms with Crippen molar-refractivity contribution >= 4 is 23.1 Å². The summed E-state index contributed by atoms with van der Waals surface area (Å²) in [4.78, 5) is 35.1. The summed E-state index contributed by atoms with van der Waals surface area (Å²) in [5.74, 6) is -0.871. The molecule has 8 heteroatoms. The number of carbonyl (C=O) groups is 2. The number of hydrogen-bond acceptors (Lipinski definition) is 6. The lowest BCUT2D eigenvalue weighted by atomic mass is 9.96. The molecule has 0 saturated carbocycles. The molecule has 37 heavy (non-hydrogen) atoms. The van der Waals surface area contributed by atoms with Crippen molar-refractivity contribution < 1.29 is 19.4 Å². The number of ketones is 1. The topological polar surface area (TPSA) is 87.4 Å². The Morgan fingerprint density at radius 3 is 2.57 bits per heavy atom. The zero-order valence-corrected chi connectivity index (χ0v) is 21.7. The van der Waals surface area contributed by atoms with Crippen molar-refractivity contribution in [3.8, 4) is 5.75 Å². The van der Waals surface area contributed by atoms with Gasteiger partial charge in [-0.1, -0.05) is 44.7 Å². The van der Waals surface area contributed by atoms with Crippen molar-refractivity contribution in [1.29, 1.82) is 0 Å². The highest BCUT2D eigenvalue weighted by Crippen LogP contribution is 2.40. The van der Waals surface area contributed by atoms with Crippen LogP contribution in [0.5, 0.6) is 5.75 Å². The van der Waals surface area contributed by atoms with Crippen molar-refractivity contribution in [2.75, 3.05) is 32.8 Å². The normalized spacial score (nSPS) is 17.2. The highest BCUT2D eigenvalue weighted by atomic mass is 16.5. The fourth-order valence-electron chi connectivity index (χ4n) is 4.89. The third-order valence-electron chi connectivity index (χ3n) is 6.80. The molecule has 0 spiro atoms. The van der Waals surface area contributed by atoms with Crippen LogP contribution in [0.25, 0.3) is 11.4 Å². The maximum absolute atomic E-state index is 13.4. The number of Topliss-reactive ketones (excluding diaryl/α,β-unsaturated/α-hetero) is 1. The second-order valence-electron chi connectivity index (χ2n) is 9.02. The highest BCUT2D eigenvalue weighted by Gasteiger charge is 2.46. The lowest BCUT2D eigenvalue weighted by Gasteiger charge is -2.27. The standard InChI is InChI=1S/C29H34N4O4/c1-5-19-37-22-14-12-21(13-15-22)26-24(27(34)25-20(4)30-23-11-8-9-17-32(23)25)28(35)29(36)33(26)18-10-16-31(6-2)7-3/h5,8-9,11-15,17,26,34H,1,6-7,10,16,18-19H2,2-4H3. The Morgan fingerprint density at radius 2 is 1.89 bits per heavy atom. The molecule has 1 amide bonds. The maximum atomic E-state index is 13.4. The van der Waals surface area contributed by atoms with Crippen LogP contribution in [0.15, 0.2) is 66.9 Å². The van der Waals surface area contributed by atoms with Crippen LogP contribution >= 0.6 is 0 Å². The number of benzene rings is 1. The number of carbonyl (C=O) groups excluding carboxylic acids is 2. The lowest BCUT2D eigenvalue weighted by molar-refractivity contribution is -0.140. The number of ether oxygens (including phenoxy) is 1. The molecule has 3 heterocycles. The molecular weight excluding hydrogens is 468 g/mol. The second kappa shape index (κ2) is 11.4. The number of fused-ring (bicyclic) bond motifs is 1. The van der Waals surface area contributed by atoms with E-state index in [-0.39, 0.29) is 11.3 Å². The van der Waals surface area contributed by atoms with Crippen LogP contribution in [0.4, 0.5) is 0 Å². The Kier molecular flexibility index (Phi) is 8.08. The first-order chi connectivity index (χ1) is 17.9. The van der Waals surface area contributed by atoms with Gasteiger partial charge in [0.1, 0.15) is 23.7 Å². The van der Waals surface area contributed by atoms with Crippen molar-refractivity contribution in [3.05, 3.63) is 83.8 Å². The molecule has 0 aliphatic carbocycles. The maximum Gasteiger partial charge on any atom is 0.295 e. The summed E-state index contributed by atoms with van der Waals surface area (Å²) < 4.78 is 7.35. The number of nitrogens with zero attached hydrogens (tertiary/aromatic N) is 4. The fourth-order valence-corrected chi connectivity index (χ4v) is 4.89. The molecule has 1 N–H and O–H groups in total. The Labute approximate surface area is 217 Å². The van der Waals surface area contributed by atoms with Crippen LogP contribution in [0.2, 0.25) is 0 Å². The van der Waals surface area contributed by atoms with Crippen LogP contribution < -0.4 is 4.74 Å². The summed E-state index contributed by atoms with van der Waals surface area (Å²) in [6, 6.07) is 12.1. The number of amides is 1. The molecule has 194 valence electrons. The number of aromatic nitrogens is 2. The molecular formula is C29H34N4O4. The van der Waals surface area contributed by atoms with Crippen LogP contribution in [0.1, 0.15) is 43.3 Å². The van der Waals surface area contributed by atoms with Gasteiger partial charge in [0, 0.05) is 12.7 Å². The van der Waals surface area contributed by atoms with Crippen molar-refractivity contribution in [2.45, 2.75) is 33.2 Å². The van der Waals surface area contributed by atoms with Gasteiger partial charge < -0.3 is 19.6 Å². The number of aliphatic hydroxyl groups is 1. The Hall–Kier alpha value is -3.91. The van der Waals surface area contributed by atoms with Gasteiger partial charge in [-0.2, -0.15) is 0 Å². The average molecular weight is 503 g/mol. The molecule has 0 radical (unpaired) electrons. The average Bonchev–Trinajstić information content (AvgIpc) is 3.38. The van der Waals surface area contributed by atoms with E-state index in [0.717, 1.165) is 25.2 Å². The molecule has 1 fully saturated rings. The fraction of sp³-hybridized carbons (Fsp3) is 0.345. The first-order valence-corrected chi connectivity index (χ1v) is 12.7. The third kappa shape index (κ3) is 5.15. The molecule has 1 atom stereocenters. The van der Waals surface area contributed by atoms with Gasteiger partial charge in [-0.3, -0.25) is 14.0 Å². The molecule has 4 rings (SSSR count). The minimum atomic E-state index is -0.723. The number of pyridine rings is 1. The number of aryl methyl sites for hydroxylation is 1. The highest BCUT2D eigenvalue weighted by molar-refractivity contribution is 6.46. The van der Waals surface area contributed by atoms with Gasteiger partial charge in [-0.05, 0) is 62.8 Å². The van der Waals surface area contributed by atoms with Crippen molar-refractivity contribution in [1.82, 2.24) is 19.2 Å². The summed E-state index contributed by atoms with van der Waals surface area (Å²) in [5, 5.41) is 11.6. The minimum Gasteiger partial charge on any atom is -0.505 e. The van der Waals surface area contributed by atoms with E-state index in [4.69, 9.17) is 4.74 Å². The minimum absolute atomic E-state index is 0.0707. The molecule has 0 bridgehead atoms. The second-order valence-corrected chi connectivity index (χ2v) is 9.02. The number of imidazole rings is 1. The van der Waals surface area contributed by atoms with Gasteiger partial charge in [0.15, 0.2) is 5.76 Å². The molecule has 3 aromatic rings. The third-order valence-corrected chi connectivity index (χ3v) is 6.80. The van der Waals surface area contributed by atoms with Crippen LogP contribution in [0.3, 0.4) is 0 Å². The van der Waals surface area contributed by atoms with E-state index >= 15 is 0 Å². The Balaban J connectivity index is 1.79. The van der Waals surface area contributed by atoms with E-state index in [1.807, 2.05) is 30.3 Å². The Bertz CT molecular complexity index is 1320. The van der Waals surface area contributed by atoms with E-state index in [1.54, 1.807) is 40.6 Å². The molecule has 1 aromatic carbocycles. The van der Waals surface area contributed by atoms with Crippen molar-refractivity contribution in [2.24, 2.45) is 0 Å². The molecule has 8 nitrogen and oxygen atoms in total. The molecule has 2 aromatic heterocycles. The summed E-state index contributed by atoms with van der Waals surface area (Å²) >= 11 is 0. The number of likely N-dealkylation sites (tertiary alicyclic amines) is 1. The van der Waals surface area contributed by atoms with Gasteiger partial charge >= 0.3 is 0 Å². The monoisotopic (exact) mass is 502 g/mol. The summed E-state index contributed by atoms with van der Waals surface area (Å²) in [6.45, 7) is 13.1. The van der Waals surface area contributed by atoms with Crippen LogP contribution in [0, 0.1) is 6.92 Å². The quantitative estimate of drug-likeness (QED) is 0.181. The Morgan fingerprint density at radius 1 is 1.16 bits per heavy atom. The number of rotatable bonds is 11. The van der Waals surface area contributed by atoms with Gasteiger partial charge in [0.25, 0.3) is 11.7 Å². The SMILES string of the molecule is C=CCOc1ccc(C2C(=C(O)c3c(C)nc4ccccn34)C(=O)C(=O)N2CCCN(CC)CC)cc1. The van der Waals surface area contributed by atoms with E-state index in [2.05, 4.69) is 30.3 Å². The summed E-state index contributed by atoms with van der Waals surface area (Å²) in [5.41, 5.74) is 2.42. The van der Waals surface area contributed by atoms with Crippen molar-refractivity contribution in [3.63, 3.8) is 0 Å². The van der Waals surface area contributed by atoms with Gasteiger partial charge in [-0.25, -0.2) is 4.98 Å². The molecule has 1 aliphatic heterocycles.